The molecule has 1 aliphatic carbocycles. The monoisotopic (exact) mass is 408 g/mol. The van der Waals surface area contributed by atoms with Crippen molar-refractivity contribution in [3.05, 3.63) is 36.4 Å². The Kier molecular flexibility index (Phi) is 6.82. The fourth-order valence-electron chi connectivity index (χ4n) is 4.52. The van der Waals surface area contributed by atoms with Crippen LogP contribution >= 0.6 is 0 Å². The van der Waals surface area contributed by atoms with E-state index in [0.717, 1.165) is 61.6 Å². The summed E-state index contributed by atoms with van der Waals surface area (Å²) in [6, 6.07) is 12.2. The zero-order chi connectivity index (χ0) is 20.8. The Morgan fingerprint density at radius 2 is 1.63 bits per heavy atom. The Morgan fingerprint density at radius 3 is 2.23 bits per heavy atom. The summed E-state index contributed by atoms with van der Waals surface area (Å²) in [4.78, 5) is 14.9. The van der Waals surface area contributed by atoms with Crippen molar-refractivity contribution in [1.82, 2.24) is 15.5 Å². The number of methoxy groups -OCH3 is 1. The number of nitrogens with zero attached hydrogens (tertiary/aromatic N) is 3. The van der Waals surface area contributed by atoms with E-state index in [4.69, 9.17) is 4.74 Å². The first-order valence-corrected chi connectivity index (χ1v) is 11.3. The average Bonchev–Trinajstić information content (AvgIpc) is 3.08. The Balaban J connectivity index is 1.29. The van der Waals surface area contributed by atoms with Crippen molar-refractivity contribution in [3.63, 3.8) is 0 Å². The number of piperidine rings is 1. The van der Waals surface area contributed by atoms with Gasteiger partial charge in [0.2, 0.25) is 5.91 Å². The van der Waals surface area contributed by atoms with Gasteiger partial charge in [-0.3, -0.25) is 4.79 Å². The maximum absolute atomic E-state index is 12.7. The highest BCUT2D eigenvalue weighted by Crippen LogP contribution is 2.25. The number of aromatic nitrogens is 2. The van der Waals surface area contributed by atoms with E-state index in [1.54, 1.807) is 7.11 Å². The Morgan fingerprint density at radius 1 is 0.933 bits per heavy atom. The summed E-state index contributed by atoms with van der Waals surface area (Å²) in [7, 11) is 1.66. The smallest absolute Gasteiger partial charge is 0.223 e. The molecule has 1 aromatic heterocycles. The van der Waals surface area contributed by atoms with Gasteiger partial charge in [0.1, 0.15) is 5.75 Å². The van der Waals surface area contributed by atoms with Crippen LogP contribution in [-0.2, 0) is 4.79 Å². The van der Waals surface area contributed by atoms with E-state index in [1.165, 1.54) is 25.7 Å². The largest absolute Gasteiger partial charge is 0.497 e. The molecule has 1 N–H and O–H groups in total. The SMILES string of the molecule is COc1ccc(-c2ccc(N3CCC(C(=O)NC4CCCCCC4)CC3)nn2)cc1. The van der Waals surface area contributed by atoms with Crippen LogP contribution in [0.3, 0.4) is 0 Å². The fraction of sp³-hybridized carbons (Fsp3) is 0.542. The number of ether oxygens (including phenoxy) is 1. The third kappa shape index (κ3) is 5.10. The van der Waals surface area contributed by atoms with Crippen molar-refractivity contribution >= 4 is 11.7 Å². The number of nitrogens with one attached hydrogen (secondary N) is 1. The molecular formula is C24H32N4O2. The predicted octanol–water partition coefficient (Wildman–Crippen LogP) is 4.21. The third-order valence-electron chi connectivity index (χ3n) is 6.43. The standard InChI is InChI=1S/C24H32N4O2/c1-30-21-10-8-18(9-11-21)22-12-13-23(27-26-22)28-16-14-19(15-17-28)24(29)25-20-6-4-2-3-5-7-20/h8-13,19-20H,2-7,14-17H2,1H3,(H,25,29). The van der Waals surface area contributed by atoms with Gasteiger partial charge in [0.25, 0.3) is 0 Å². The number of hydrogen-bond acceptors (Lipinski definition) is 5. The number of rotatable bonds is 5. The molecule has 4 rings (SSSR count). The number of amides is 1. The minimum absolute atomic E-state index is 0.121. The Bertz CT molecular complexity index is 806. The molecule has 1 aromatic carbocycles. The van der Waals surface area contributed by atoms with Crippen LogP contribution in [-0.4, -0.2) is 42.3 Å². The summed E-state index contributed by atoms with van der Waals surface area (Å²) in [6.45, 7) is 1.69. The Hall–Kier alpha value is -2.63. The van der Waals surface area contributed by atoms with Gasteiger partial charge in [0.15, 0.2) is 5.82 Å². The van der Waals surface area contributed by atoms with Gasteiger partial charge in [-0.15, -0.1) is 10.2 Å². The number of hydrogen-bond donors (Lipinski definition) is 1. The highest BCUT2D eigenvalue weighted by atomic mass is 16.5. The van der Waals surface area contributed by atoms with E-state index < -0.39 is 0 Å². The second kappa shape index (κ2) is 9.92. The van der Waals surface area contributed by atoms with Gasteiger partial charge in [0, 0.05) is 30.6 Å². The summed E-state index contributed by atoms with van der Waals surface area (Å²) in [6.07, 6.45) is 9.14. The van der Waals surface area contributed by atoms with E-state index in [0.29, 0.717) is 6.04 Å². The first kappa shape index (κ1) is 20.6. The molecule has 2 aromatic rings. The van der Waals surface area contributed by atoms with Gasteiger partial charge in [0.05, 0.1) is 12.8 Å². The summed E-state index contributed by atoms with van der Waals surface area (Å²) in [5.41, 5.74) is 1.86. The molecule has 2 aliphatic rings. The van der Waals surface area contributed by atoms with Crippen LogP contribution in [0.25, 0.3) is 11.3 Å². The van der Waals surface area contributed by atoms with Gasteiger partial charge >= 0.3 is 0 Å². The summed E-state index contributed by atoms with van der Waals surface area (Å²) in [5, 5.41) is 12.2. The third-order valence-corrected chi connectivity index (χ3v) is 6.43. The summed E-state index contributed by atoms with van der Waals surface area (Å²) < 4.78 is 5.21. The highest BCUT2D eigenvalue weighted by Gasteiger charge is 2.27. The van der Waals surface area contributed by atoms with Gasteiger partial charge < -0.3 is 15.0 Å². The molecular weight excluding hydrogens is 376 g/mol. The zero-order valence-electron chi connectivity index (χ0n) is 17.8. The van der Waals surface area contributed by atoms with Crippen molar-refractivity contribution in [2.75, 3.05) is 25.1 Å². The normalized spacial score (nSPS) is 18.6. The molecule has 160 valence electrons. The van der Waals surface area contributed by atoms with E-state index in [2.05, 4.69) is 20.4 Å². The zero-order valence-corrected chi connectivity index (χ0v) is 17.8. The molecule has 0 unspecified atom stereocenters. The van der Waals surface area contributed by atoms with Gasteiger partial charge in [-0.25, -0.2) is 0 Å². The minimum Gasteiger partial charge on any atom is -0.497 e. The summed E-state index contributed by atoms with van der Waals surface area (Å²) in [5.74, 6) is 2.09. The molecule has 1 saturated heterocycles. The average molecular weight is 409 g/mol. The van der Waals surface area contributed by atoms with Crippen LogP contribution in [0.4, 0.5) is 5.82 Å². The molecule has 0 bridgehead atoms. The molecule has 0 radical (unpaired) electrons. The number of carbonyl (C=O) groups is 1. The van der Waals surface area contributed by atoms with Crippen molar-refractivity contribution in [2.24, 2.45) is 5.92 Å². The van der Waals surface area contributed by atoms with E-state index in [-0.39, 0.29) is 11.8 Å². The molecule has 1 saturated carbocycles. The molecule has 6 heteroatoms. The molecule has 1 amide bonds. The van der Waals surface area contributed by atoms with E-state index in [1.807, 2.05) is 36.4 Å². The van der Waals surface area contributed by atoms with Crippen LogP contribution in [0, 0.1) is 5.92 Å². The summed E-state index contributed by atoms with van der Waals surface area (Å²) >= 11 is 0. The van der Waals surface area contributed by atoms with Gasteiger partial charge in [-0.2, -0.15) is 0 Å². The van der Waals surface area contributed by atoms with Crippen LogP contribution in [0.2, 0.25) is 0 Å². The molecule has 0 spiro atoms. The maximum Gasteiger partial charge on any atom is 0.223 e. The van der Waals surface area contributed by atoms with Crippen molar-refractivity contribution < 1.29 is 9.53 Å². The van der Waals surface area contributed by atoms with Crippen molar-refractivity contribution in [3.8, 4) is 17.0 Å². The molecule has 2 fully saturated rings. The lowest BCUT2D eigenvalue weighted by atomic mass is 9.95. The van der Waals surface area contributed by atoms with Crippen LogP contribution < -0.4 is 15.0 Å². The van der Waals surface area contributed by atoms with Crippen molar-refractivity contribution in [2.45, 2.75) is 57.4 Å². The lowest BCUT2D eigenvalue weighted by Crippen LogP contribution is -2.44. The number of carbonyl (C=O) groups excluding carboxylic acids is 1. The number of anilines is 1. The first-order chi connectivity index (χ1) is 14.7. The molecule has 30 heavy (non-hydrogen) atoms. The van der Waals surface area contributed by atoms with E-state index >= 15 is 0 Å². The molecule has 6 nitrogen and oxygen atoms in total. The van der Waals surface area contributed by atoms with Gasteiger partial charge in [-0.05, 0) is 62.1 Å². The second-order valence-corrected chi connectivity index (χ2v) is 8.46. The van der Waals surface area contributed by atoms with Crippen molar-refractivity contribution in [1.29, 1.82) is 0 Å². The lowest BCUT2D eigenvalue weighted by molar-refractivity contribution is -0.126. The van der Waals surface area contributed by atoms with E-state index in [9.17, 15) is 4.79 Å². The van der Waals surface area contributed by atoms with Crippen LogP contribution in [0.5, 0.6) is 5.75 Å². The fourth-order valence-corrected chi connectivity index (χ4v) is 4.52. The topological polar surface area (TPSA) is 67.3 Å². The predicted molar refractivity (Wildman–Crippen MR) is 119 cm³/mol. The minimum atomic E-state index is 0.121. The molecule has 0 atom stereocenters. The second-order valence-electron chi connectivity index (χ2n) is 8.46. The van der Waals surface area contributed by atoms with Gasteiger partial charge in [-0.1, -0.05) is 25.7 Å². The molecule has 2 heterocycles. The Labute approximate surface area is 179 Å². The molecule has 1 aliphatic heterocycles. The van der Waals surface area contributed by atoms with Crippen LogP contribution in [0.1, 0.15) is 51.4 Å². The first-order valence-electron chi connectivity index (χ1n) is 11.3. The number of benzene rings is 1. The maximum atomic E-state index is 12.7. The van der Waals surface area contributed by atoms with Crippen LogP contribution in [0.15, 0.2) is 36.4 Å². The lowest BCUT2D eigenvalue weighted by Gasteiger charge is -2.32. The highest BCUT2D eigenvalue weighted by molar-refractivity contribution is 5.79. The quantitative estimate of drug-likeness (QED) is 0.751.